The Morgan fingerprint density at radius 1 is 1.26 bits per heavy atom. The van der Waals surface area contributed by atoms with Gasteiger partial charge in [-0.15, -0.1) is 0 Å². The van der Waals surface area contributed by atoms with E-state index in [0.717, 1.165) is 21.0 Å². The summed E-state index contributed by atoms with van der Waals surface area (Å²) in [7, 11) is -3.12. The van der Waals surface area contributed by atoms with Crippen LogP contribution in [-0.2, 0) is 10.9 Å². The van der Waals surface area contributed by atoms with E-state index in [1.54, 1.807) is 43.5 Å². The lowest BCUT2D eigenvalue weighted by molar-refractivity contribution is 0.0692. The van der Waals surface area contributed by atoms with Crippen LogP contribution in [0.5, 0.6) is 0 Å². The van der Waals surface area contributed by atoms with E-state index in [1.165, 1.54) is 0 Å². The summed E-state index contributed by atoms with van der Waals surface area (Å²) in [5, 5.41) is 10.5. The average Bonchev–Trinajstić information content (AvgIpc) is 2.89. The molecule has 0 unspecified atom stereocenters. The first-order chi connectivity index (χ1) is 11.0. The molecular formula is C14H11N3O4S2. The number of aromatic nitrogens is 2. The van der Waals surface area contributed by atoms with Crippen molar-refractivity contribution in [3.63, 3.8) is 0 Å². The van der Waals surface area contributed by atoms with Crippen LogP contribution in [0.15, 0.2) is 36.5 Å². The lowest BCUT2D eigenvalue weighted by Gasteiger charge is -2.17. The fourth-order valence-corrected chi connectivity index (χ4v) is 3.96. The van der Waals surface area contributed by atoms with E-state index in [1.807, 2.05) is 0 Å². The number of carboxylic acid groups (broad SMARTS) is 1. The van der Waals surface area contributed by atoms with Crippen molar-refractivity contribution in [2.24, 2.45) is 0 Å². The second-order valence-corrected chi connectivity index (χ2v) is 6.65. The molecule has 0 amide bonds. The molecular weight excluding hydrogens is 338 g/mol. The smallest absolute Gasteiger partial charge is 0.357 e. The van der Waals surface area contributed by atoms with Crippen molar-refractivity contribution in [2.75, 3.05) is 4.31 Å². The summed E-state index contributed by atoms with van der Waals surface area (Å²) in [6.45, 7) is 1.62. The van der Waals surface area contributed by atoms with Gasteiger partial charge in [-0.3, -0.25) is 4.98 Å². The van der Waals surface area contributed by atoms with Gasteiger partial charge in [-0.2, -0.15) is 0 Å². The molecule has 1 N–H and O–H groups in total. The van der Waals surface area contributed by atoms with Gasteiger partial charge in [0, 0.05) is 11.6 Å². The fourth-order valence-electron chi connectivity index (χ4n) is 2.23. The molecule has 0 saturated heterocycles. The molecule has 0 aliphatic heterocycles. The van der Waals surface area contributed by atoms with Crippen LogP contribution < -0.4 is 4.31 Å². The summed E-state index contributed by atoms with van der Waals surface area (Å²) in [5.74, 6) is -1.28. The Kier molecular flexibility index (Phi) is 3.97. The van der Waals surface area contributed by atoms with E-state index >= 15 is 0 Å². The van der Waals surface area contributed by atoms with E-state index < -0.39 is 16.9 Å². The number of thiol groups is 1. The molecule has 0 radical (unpaired) electrons. The van der Waals surface area contributed by atoms with Gasteiger partial charge in [-0.05, 0) is 19.1 Å². The van der Waals surface area contributed by atoms with Crippen LogP contribution in [0, 0.1) is 6.92 Å². The van der Waals surface area contributed by atoms with Crippen molar-refractivity contribution in [2.45, 2.75) is 6.92 Å². The Labute approximate surface area is 136 Å². The van der Waals surface area contributed by atoms with E-state index in [9.17, 15) is 18.3 Å². The van der Waals surface area contributed by atoms with Crippen molar-refractivity contribution in [3.8, 4) is 0 Å². The zero-order chi connectivity index (χ0) is 16.6. The van der Waals surface area contributed by atoms with Crippen LogP contribution in [-0.4, -0.2) is 29.5 Å². The first-order valence-electron chi connectivity index (χ1n) is 6.48. The Morgan fingerprint density at radius 2 is 2.00 bits per heavy atom. The second kappa shape index (κ2) is 5.94. The van der Waals surface area contributed by atoms with Crippen molar-refractivity contribution in [1.29, 1.82) is 0 Å². The third-order valence-electron chi connectivity index (χ3n) is 3.11. The highest BCUT2D eigenvalue weighted by Gasteiger charge is 2.25. The number of aromatic carboxylic acids is 1. The maximum absolute atomic E-state index is 11.8. The molecule has 0 saturated carbocycles. The topological polar surface area (TPSA) is 100 Å². The molecule has 9 heteroatoms. The van der Waals surface area contributed by atoms with E-state index in [0.29, 0.717) is 16.2 Å². The van der Waals surface area contributed by atoms with Crippen LogP contribution in [0.25, 0.3) is 10.9 Å². The number of hydrogen-bond donors (Lipinski definition) is 2. The standard InChI is InChI=1S/C14H11N3O4S2/c1-8-16-12(14(18)19)13(22-8)17(23(20)21)10-6-2-4-9-5-3-7-15-11(9)10/h2-7,23H,1H3,(H,18,19). The fraction of sp³-hybridized carbons (Fsp3) is 0.0714. The Bertz CT molecular complexity index is 968. The summed E-state index contributed by atoms with van der Waals surface area (Å²) in [4.78, 5) is 19.5. The van der Waals surface area contributed by atoms with Crippen LogP contribution in [0.1, 0.15) is 15.5 Å². The first-order valence-corrected chi connectivity index (χ1v) is 8.42. The van der Waals surface area contributed by atoms with Gasteiger partial charge < -0.3 is 5.11 Å². The van der Waals surface area contributed by atoms with Crippen molar-refractivity contribution >= 4 is 49.8 Å². The summed E-state index contributed by atoms with van der Waals surface area (Å²) in [6, 6.07) is 8.63. The quantitative estimate of drug-likeness (QED) is 0.701. The summed E-state index contributed by atoms with van der Waals surface area (Å²) >= 11 is 1.00. The molecule has 118 valence electrons. The zero-order valence-corrected chi connectivity index (χ0v) is 13.5. The number of benzene rings is 1. The molecule has 2 heterocycles. The largest absolute Gasteiger partial charge is 0.476 e. The number of fused-ring (bicyclic) bond motifs is 1. The average molecular weight is 349 g/mol. The monoisotopic (exact) mass is 349 g/mol. The molecule has 0 aliphatic rings. The maximum atomic E-state index is 11.8. The lowest BCUT2D eigenvalue weighted by Crippen LogP contribution is -2.17. The van der Waals surface area contributed by atoms with Gasteiger partial charge in [0.2, 0.25) is 10.9 Å². The predicted molar refractivity (Wildman–Crippen MR) is 88.0 cm³/mol. The molecule has 23 heavy (non-hydrogen) atoms. The molecule has 3 aromatic rings. The molecule has 0 aliphatic carbocycles. The SMILES string of the molecule is Cc1nc(C(=O)O)c(N(c2cccc3cccnc23)[SH](=O)=O)s1. The van der Waals surface area contributed by atoms with Gasteiger partial charge in [-0.1, -0.05) is 29.5 Å². The van der Waals surface area contributed by atoms with Crippen molar-refractivity contribution in [3.05, 3.63) is 47.2 Å². The number of hydrogen-bond acceptors (Lipinski definition) is 6. The molecule has 2 aromatic heterocycles. The molecule has 1 aromatic carbocycles. The third-order valence-corrected chi connectivity index (χ3v) is 4.95. The summed E-state index contributed by atoms with van der Waals surface area (Å²) in [5.41, 5.74) is 0.474. The van der Waals surface area contributed by atoms with Gasteiger partial charge in [0.1, 0.15) is 5.00 Å². The second-order valence-electron chi connectivity index (χ2n) is 4.59. The zero-order valence-electron chi connectivity index (χ0n) is 11.8. The molecule has 7 nitrogen and oxygen atoms in total. The molecule has 0 bridgehead atoms. The minimum atomic E-state index is -3.12. The van der Waals surface area contributed by atoms with Crippen LogP contribution in [0.3, 0.4) is 0 Å². The van der Waals surface area contributed by atoms with Crippen LogP contribution in [0.4, 0.5) is 10.7 Å². The summed E-state index contributed by atoms with van der Waals surface area (Å²) < 4.78 is 24.7. The molecule has 0 spiro atoms. The van der Waals surface area contributed by atoms with Gasteiger partial charge in [0.25, 0.3) is 0 Å². The van der Waals surface area contributed by atoms with Gasteiger partial charge >= 0.3 is 5.97 Å². The van der Waals surface area contributed by atoms with Crippen molar-refractivity contribution in [1.82, 2.24) is 9.97 Å². The number of carboxylic acids is 1. The molecule has 3 rings (SSSR count). The molecule has 0 fully saturated rings. The molecule has 0 atom stereocenters. The van der Waals surface area contributed by atoms with E-state index in [-0.39, 0.29) is 10.7 Å². The number of rotatable bonds is 4. The lowest BCUT2D eigenvalue weighted by atomic mass is 10.2. The van der Waals surface area contributed by atoms with E-state index in [2.05, 4.69) is 9.97 Å². The number of thiazole rings is 1. The number of aryl methyl sites for hydroxylation is 1. The third kappa shape index (κ3) is 2.76. The number of para-hydroxylation sites is 1. The Hall–Kier alpha value is -2.52. The maximum Gasteiger partial charge on any atom is 0.357 e. The minimum Gasteiger partial charge on any atom is -0.476 e. The number of nitrogens with zero attached hydrogens (tertiary/aromatic N) is 3. The number of carbonyl (C=O) groups is 1. The van der Waals surface area contributed by atoms with Gasteiger partial charge in [-0.25, -0.2) is 22.5 Å². The highest BCUT2D eigenvalue weighted by molar-refractivity contribution is 7.74. The first kappa shape index (κ1) is 15.4. The number of pyridine rings is 1. The highest BCUT2D eigenvalue weighted by atomic mass is 32.2. The minimum absolute atomic E-state index is 0.0456. The predicted octanol–water partition coefficient (Wildman–Crippen LogP) is 2.36. The van der Waals surface area contributed by atoms with Gasteiger partial charge in [0.15, 0.2) is 5.69 Å². The van der Waals surface area contributed by atoms with Crippen LogP contribution in [0.2, 0.25) is 0 Å². The van der Waals surface area contributed by atoms with E-state index in [4.69, 9.17) is 0 Å². The Morgan fingerprint density at radius 3 is 2.70 bits per heavy atom. The summed E-state index contributed by atoms with van der Waals surface area (Å²) in [6.07, 6.45) is 1.55. The normalized spacial score (nSPS) is 11.0. The van der Waals surface area contributed by atoms with Crippen LogP contribution >= 0.6 is 11.3 Å². The van der Waals surface area contributed by atoms with Crippen molar-refractivity contribution < 1.29 is 18.3 Å². The Balaban J connectivity index is 2.30. The highest BCUT2D eigenvalue weighted by Crippen LogP contribution is 2.37. The van der Waals surface area contributed by atoms with Gasteiger partial charge in [0.05, 0.1) is 16.2 Å². The number of anilines is 2.